The number of rotatable bonds is 7. The molecule has 0 aliphatic carbocycles. The average molecular weight is 465 g/mol. The topological polar surface area (TPSA) is 75.1 Å². The van der Waals surface area contributed by atoms with E-state index in [0.29, 0.717) is 29.5 Å². The van der Waals surface area contributed by atoms with E-state index in [4.69, 9.17) is 9.97 Å². The largest absolute Gasteiger partial charge is 0.359 e. The van der Waals surface area contributed by atoms with Crippen molar-refractivity contribution in [1.82, 2.24) is 25.2 Å². The van der Waals surface area contributed by atoms with Gasteiger partial charge in [-0.3, -0.25) is 4.79 Å². The summed E-state index contributed by atoms with van der Waals surface area (Å²) in [6.45, 7) is 8.14. The molecule has 2 aliphatic rings. The second-order valence-corrected chi connectivity index (χ2v) is 10.2. The molecule has 2 aliphatic heterocycles. The van der Waals surface area contributed by atoms with Crippen molar-refractivity contribution in [3.05, 3.63) is 42.3 Å². The Hall–Kier alpha value is -3.00. The number of nitrogens with zero attached hydrogens (tertiary/aromatic N) is 4. The third kappa shape index (κ3) is 4.15. The molecule has 180 valence electrons. The van der Waals surface area contributed by atoms with Gasteiger partial charge in [-0.2, -0.15) is 4.98 Å². The van der Waals surface area contributed by atoms with Crippen molar-refractivity contribution in [1.29, 1.82) is 0 Å². The summed E-state index contributed by atoms with van der Waals surface area (Å²) in [5.41, 5.74) is 2.12. The van der Waals surface area contributed by atoms with E-state index >= 15 is 0 Å². The zero-order chi connectivity index (χ0) is 23.9. The van der Waals surface area contributed by atoms with Crippen molar-refractivity contribution in [2.24, 2.45) is 11.3 Å². The molecule has 2 fully saturated rings. The van der Waals surface area contributed by atoms with E-state index in [1.54, 1.807) is 19.2 Å². The van der Waals surface area contributed by atoms with Crippen molar-refractivity contribution in [3.8, 4) is 11.3 Å². The molecule has 7 nitrogen and oxygen atoms in total. The van der Waals surface area contributed by atoms with Gasteiger partial charge in [0.2, 0.25) is 11.9 Å². The van der Waals surface area contributed by atoms with Crippen molar-refractivity contribution in [2.75, 3.05) is 38.1 Å². The molecule has 1 aromatic carbocycles. The molecule has 0 saturated carbocycles. The minimum Gasteiger partial charge on any atom is -0.359 e. The van der Waals surface area contributed by atoms with Gasteiger partial charge in [0, 0.05) is 68.3 Å². The van der Waals surface area contributed by atoms with E-state index in [1.807, 2.05) is 18.3 Å². The number of benzene rings is 1. The Morgan fingerprint density at radius 2 is 2.03 bits per heavy atom. The predicted octanol–water partition coefficient (Wildman–Crippen LogP) is 3.76. The molecule has 2 saturated heterocycles. The third-order valence-electron chi connectivity index (χ3n) is 7.25. The molecule has 1 amide bonds. The van der Waals surface area contributed by atoms with Crippen LogP contribution >= 0.6 is 0 Å². The number of nitrogens with one attached hydrogen (secondary N) is 2. The van der Waals surface area contributed by atoms with Crippen molar-refractivity contribution >= 4 is 22.9 Å². The average Bonchev–Trinajstić information content (AvgIpc) is 3.43. The highest BCUT2D eigenvalue weighted by atomic mass is 19.1. The molecule has 3 aromatic rings. The molecule has 1 atom stereocenters. The maximum Gasteiger partial charge on any atom is 0.227 e. The predicted molar refractivity (Wildman–Crippen MR) is 132 cm³/mol. The van der Waals surface area contributed by atoms with E-state index in [9.17, 15) is 9.18 Å². The van der Waals surface area contributed by atoms with Crippen LogP contribution in [0.3, 0.4) is 0 Å². The van der Waals surface area contributed by atoms with Crippen LogP contribution in [-0.4, -0.2) is 53.7 Å². The molecule has 2 aromatic heterocycles. The molecule has 8 heteroatoms. The van der Waals surface area contributed by atoms with Gasteiger partial charge < -0.3 is 20.1 Å². The number of amides is 1. The molecule has 1 spiro atoms. The summed E-state index contributed by atoms with van der Waals surface area (Å²) >= 11 is 0. The molecule has 0 unspecified atom stereocenters. The second-order valence-electron chi connectivity index (χ2n) is 10.2. The summed E-state index contributed by atoms with van der Waals surface area (Å²) in [5, 5.41) is 6.95. The van der Waals surface area contributed by atoms with Crippen molar-refractivity contribution in [2.45, 2.75) is 39.2 Å². The van der Waals surface area contributed by atoms with Gasteiger partial charge in [0.05, 0.1) is 5.69 Å². The number of hydrogen-bond donors (Lipinski definition) is 2. The quantitative estimate of drug-likeness (QED) is 0.557. The zero-order valence-electron chi connectivity index (χ0n) is 20.1. The van der Waals surface area contributed by atoms with E-state index in [-0.39, 0.29) is 23.2 Å². The Kier molecular flexibility index (Phi) is 6.02. The smallest absolute Gasteiger partial charge is 0.227 e. The lowest BCUT2D eigenvalue weighted by Gasteiger charge is -2.39. The minimum atomic E-state index is -0.300. The molecule has 2 N–H and O–H groups in total. The van der Waals surface area contributed by atoms with Crippen molar-refractivity contribution < 1.29 is 9.18 Å². The normalized spacial score (nSPS) is 18.0. The van der Waals surface area contributed by atoms with Gasteiger partial charge >= 0.3 is 0 Å². The molecule has 5 rings (SSSR count). The molecule has 0 radical (unpaired) electrons. The lowest BCUT2D eigenvalue weighted by atomic mass is 9.81. The number of fused-ring (bicyclic) bond motifs is 1. The summed E-state index contributed by atoms with van der Waals surface area (Å²) in [4.78, 5) is 24.5. The van der Waals surface area contributed by atoms with Gasteiger partial charge in [-0.05, 0) is 37.0 Å². The van der Waals surface area contributed by atoms with Gasteiger partial charge in [0.25, 0.3) is 0 Å². The van der Waals surface area contributed by atoms with Crippen LogP contribution < -0.4 is 15.5 Å². The summed E-state index contributed by atoms with van der Waals surface area (Å²) in [6.07, 6.45) is 4.28. The zero-order valence-corrected chi connectivity index (χ0v) is 20.1. The van der Waals surface area contributed by atoms with Crippen LogP contribution in [0.2, 0.25) is 0 Å². The van der Waals surface area contributed by atoms with Crippen LogP contribution in [0.25, 0.3) is 22.3 Å². The Bertz CT molecular complexity index is 1200. The number of carbonyl (C=O) groups excluding carboxylic acids is 1. The Labute approximate surface area is 199 Å². The lowest BCUT2D eigenvalue weighted by molar-refractivity contribution is -0.121. The monoisotopic (exact) mass is 464 g/mol. The summed E-state index contributed by atoms with van der Waals surface area (Å²) in [7, 11) is 1.66. The molecule has 0 bridgehead atoms. The van der Waals surface area contributed by atoms with Gasteiger partial charge in [-0.25, -0.2) is 9.37 Å². The Morgan fingerprint density at radius 1 is 1.24 bits per heavy atom. The van der Waals surface area contributed by atoms with Crippen molar-refractivity contribution in [3.63, 3.8) is 0 Å². The van der Waals surface area contributed by atoms with E-state index in [0.717, 1.165) is 50.1 Å². The van der Waals surface area contributed by atoms with Crippen LogP contribution in [0.1, 0.15) is 39.2 Å². The molecule has 4 heterocycles. The van der Waals surface area contributed by atoms with Crippen LogP contribution in [0.15, 0.2) is 36.5 Å². The highest BCUT2D eigenvalue weighted by Gasteiger charge is 2.43. The highest BCUT2D eigenvalue weighted by Crippen LogP contribution is 2.38. The van der Waals surface area contributed by atoms with Crippen LogP contribution in [0.4, 0.5) is 10.3 Å². The Balaban J connectivity index is 1.64. The number of hydrogen-bond acceptors (Lipinski definition) is 5. The molecule has 34 heavy (non-hydrogen) atoms. The van der Waals surface area contributed by atoms with Gasteiger partial charge in [0.15, 0.2) is 0 Å². The number of halogens is 1. The number of anilines is 1. The number of carbonyl (C=O) groups is 1. The summed E-state index contributed by atoms with van der Waals surface area (Å²) < 4.78 is 17.0. The fourth-order valence-electron chi connectivity index (χ4n) is 5.34. The maximum atomic E-state index is 14.9. The van der Waals surface area contributed by atoms with Gasteiger partial charge in [0.1, 0.15) is 11.5 Å². The summed E-state index contributed by atoms with van der Waals surface area (Å²) in [6, 6.07) is 8.68. The standard InChI is InChI=1S/C26H33FN6O/c1-17(2)12-18(13-22(34)28-3)33-10-8-20-23(19-6-4-5-7-21(19)27)30-25(31-24(20)33)32-11-9-26(16-32)14-29-15-26/h4-8,10,17-18,29H,9,11-16H2,1-3H3,(H,28,34)/t18-/m0/s1. The van der Waals surface area contributed by atoms with Crippen LogP contribution in [0.5, 0.6) is 0 Å². The third-order valence-corrected chi connectivity index (χ3v) is 7.25. The van der Waals surface area contributed by atoms with Gasteiger partial charge in [-0.15, -0.1) is 0 Å². The first-order chi connectivity index (χ1) is 16.4. The maximum absolute atomic E-state index is 14.9. The fraction of sp³-hybridized carbons (Fsp3) is 0.500. The lowest BCUT2D eigenvalue weighted by Crippen LogP contribution is -2.54. The SMILES string of the molecule is CNC(=O)C[C@H](CC(C)C)n1ccc2c(-c3ccccc3F)nc(N3CCC4(CNC4)C3)nc21. The molecular weight excluding hydrogens is 431 g/mol. The first-order valence-electron chi connectivity index (χ1n) is 12.2. The number of aromatic nitrogens is 3. The van der Waals surface area contributed by atoms with E-state index in [2.05, 4.69) is 33.9 Å². The summed E-state index contributed by atoms with van der Waals surface area (Å²) in [5.74, 6) is 0.739. The fourth-order valence-corrected chi connectivity index (χ4v) is 5.34. The van der Waals surface area contributed by atoms with E-state index in [1.165, 1.54) is 6.07 Å². The van der Waals surface area contributed by atoms with Gasteiger partial charge in [-0.1, -0.05) is 26.0 Å². The van der Waals surface area contributed by atoms with Crippen LogP contribution in [0, 0.1) is 17.2 Å². The first-order valence-corrected chi connectivity index (χ1v) is 12.2. The minimum absolute atomic E-state index is 0.00456. The van der Waals surface area contributed by atoms with Crippen LogP contribution in [-0.2, 0) is 4.79 Å². The second kappa shape index (κ2) is 8.98. The highest BCUT2D eigenvalue weighted by molar-refractivity contribution is 5.92. The Morgan fingerprint density at radius 3 is 2.68 bits per heavy atom. The molecular formula is C26H33FN6O. The first kappa shape index (κ1) is 22.8. The van der Waals surface area contributed by atoms with E-state index < -0.39 is 0 Å².